The molecule has 0 fully saturated rings. The van der Waals surface area contributed by atoms with Crippen molar-refractivity contribution >= 4 is 15.9 Å². The van der Waals surface area contributed by atoms with Gasteiger partial charge in [-0.15, -0.1) is 5.10 Å². The summed E-state index contributed by atoms with van der Waals surface area (Å²) in [6.45, 7) is 2.04. The Morgan fingerprint density at radius 1 is 1.41 bits per heavy atom. The molecule has 1 atom stereocenters. The van der Waals surface area contributed by atoms with E-state index in [4.69, 9.17) is 5.84 Å². The van der Waals surface area contributed by atoms with Crippen molar-refractivity contribution < 1.29 is 0 Å². The number of benzene rings is 1. The van der Waals surface area contributed by atoms with E-state index in [0.717, 1.165) is 15.7 Å². The van der Waals surface area contributed by atoms with Crippen LogP contribution in [-0.2, 0) is 7.05 Å². The minimum Gasteiger partial charge on any atom is -0.271 e. The van der Waals surface area contributed by atoms with Crippen molar-refractivity contribution in [1.29, 1.82) is 0 Å². The number of aryl methyl sites for hydroxylation is 2. The summed E-state index contributed by atoms with van der Waals surface area (Å²) in [5.41, 5.74) is 5.96. The van der Waals surface area contributed by atoms with Crippen LogP contribution in [-0.4, -0.2) is 15.0 Å². The van der Waals surface area contributed by atoms with Crippen LogP contribution < -0.4 is 11.3 Å². The number of nitrogens with zero attached hydrogens (tertiary/aromatic N) is 3. The molecular formula is C11H14BrN5. The first-order valence-electron chi connectivity index (χ1n) is 5.19. The van der Waals surface area contributed by atoms with Crippen LogP contribution in [0.1, 0.15) is 22.9 Å². The van der Waals surface area contributed by atoms with Gasteiger partial charge in [0.25, 0.3) is 0 Å². The van der Waals surface area contributed by atoms with Crippen molar-refractivity contribution in [2.45, 2.75) is 13.0 Å². The van der Waals surface area contributed by atoms with E-state index in [2.05, 4.69) is 43.8 Å². The Labute approximate surface area is 108 Å². The van der Waals surface area contributed by atoms with E-state index >= 15 is 0 Å². The van der Waals surface area contributed by atoms with Gasteiger partial charge >= 0.3 is 0 Å². The molecule has 0 aliphatic carbocycles. The van der Waals surface area contributed by atoms with Gasteiger partial charge in [-0.1, -0.05) is 27.2 Å². The Hall–Kier alpha value is -1.24. The van der Waals surface area contributed by atoms with Crippen LogP contribution in [0.3, 0.4) is 0 Å². The highest BCUT2D eigenvalue weighted by atomic mass is 79.9. The van der Waals surface area contributed by atoms with E-state index in [1.165, 1.54) is 5.56 Å². The average molecular weight is 296 g/mol. The first-order chi connectivity index (χ1) is 8.11. The van der Waals surface area contributed by atoms with Gasteiger partial charge in [0.1, 0.15) is 0 Å². The number of hydrazine groups is 1. The molecule has 90 valence electrons. The summed E-state index contributed by atoms with van der Waals surface area (Å²) >= 11 is 3.49. The van der Waals surface area contributed by atoms with Crippen molar-refractivity contribution in [2.24, 2.45) is 12.9 Å². The molecule has 1 heterocycles. The Morgan fingerprint density at radius 2 is 2.18 bits per heavy atom. The van der Waals surface area contributed by atoms with Crippen molar-refractivity contribution in [3.63, 3.8) is 0 Å². The fourth-order valence-corrected chi connectivity index (χ4v) is 2.47. The Kier molecular flexibility index (Phi) is 3.56. The SMILES string of the molecule is Cc1cc(Br)cc(C(NN)c2cnnn2C)c1. The molecule has 2 aromatic rings. The lowest BCUT2D eigenvalue weighted by Crippen LogP contribution is -2.30. The summed E-state index contributed by atoms with van der Waals surface area (Å²) in [4.78, 5) is 0. The Balaban J connectivity index is 2.45. The maximum absolute atomic E-state index is 5.63. The molecule has 0 saturated heterocycles. The molecule has 0 bridgehead atoms. The van der Waals surface area contributed by atoms with Gasteiger partial charge in [-0.2, -0.15) is 0 Å². The molecule has 0 spiro atoms. The minimum atomic E-state index is -0.119. The van der Waals surface area contributed by atoms with Gasteiger partial charge in [0.05, 0.1) is 17.9 Å². The summed E-state index contributed by atoms with van der Waals surface area (Å²) in [6.07, 6.45) is 1.71. The van der Waals surface area contributed by atoms with Gasteiger partial charge in [0.15, 0.2) is 0 Å². The fourth-order valence-electron chi connectivity index (χ4n) is 1.84. The Bertz CT molecular complexity index is 502. The molecule has 1 aromatic heterocycles. The summed E-state index contributed by atoms with van der Waals surface area (Å²) < 4.78 is 2.74. The third-order valence-electron chi connectivity index (χ3n) is 2.61. The van der Waals surface area contributed by atoms with E-state index in [1.54, 1.807) is 10.9 Å². The molecule has 1 unspecified atom stereocenters. The molecule has 2 rings (SSSR count). The lowest BCUT2D eigenvalue weighted by Gasteiger charge is -2.16. The fraction of sp³-hybridized carbons (Fsp3) is 0.273. The highest BCUT2D eigenvalue weighted by Gasteiger charge is 2.17. The number of halogens is 1. The topological polar surface area (TPSA) is 68.8 Å². The predicted molar refractivity (Wildman–Crippen MR) is 69.0 cm³/mol. The number of hydrogen-bond donors (Lipinski definition) is 2. The molecule has 0 amide bonds. The van der Waals surface area contributed by atoms with Gasteiger partial charge in [0.2, 0.25) is 0 Å². The standard InChI is InChI=1S/C11H14BrN5/c1-7-3-8(5-9(12)4-7)11(15-13)10-6-14-16-17(10)2/h3-6,11,15H,13H2,1-2H3. The van der Waals surface area contributed by atoms with Crippen molar-refractivity contribution in [3.8, 4) is 0 Å². The first-order valence-corrected chi connectivity index (χ1v) is 5.99. The van der Waals surface area contributed by atoms with Gasteiger partial charge in [-0.05, 0) is 30.2 Å². The molecule has 0 aliphatic rings. The first kappa shape index (κ1) is 12.2. The maximum Gasteiger partial charge on any atom is 0.0895 e. The average Bonchev–Trinajstić information content (AvgIpc) is 2.65. The zero-order valence-electron chi connectivity index (χ0n) is 9.68. The number of nitrogens with two attached hydrogens (primary N) is 1. The number of rotatable bonds is 3. The van der Waals surface area contributed by atoms with Crippen LogP contribution in [0.4, 0.5) is 0 Å². The largest absolute Gasteiger partial charge is 0.271 e. The lowest BCUT2D eigenvalue weighted by molar-refractivity contribution is 0.570. The number of hydrogen-bond acceptors (Lipinski definition) is 4. The lowest BCUT2D eigenvalue weighted by atomic mass is 10.0. The third-order valence-corrected chi connectivity index (χ3v) is 3.07. The molecule has 17 heavy (non-hydrogen) atoms. The number of nitrogens with one attached hydrogen (secondary N) is 1. The van der Waals surface area contributed by atoms with Crippen LogP contribution in [0.25, 0.3) is 0 Å². The smallest absolute Gasteiger partial charge is 0.0895 e. The Morgan fingerprint density at radius 3 is 2.71 bits per heavy atom. The van der Waals surface area contributed by atoms with Gasteiger partial charge in [-0.3, -0.25) is 10.5 Å². The molecule has 3 N–H and O–H groups in total. The second kappa shape index (κ2) is 4.95. The zero-order valence-corrected chi connectivity index (χ0v) is 11.3. The van der Waals surface area contributed by atoms with E-state index in [9.17, 15) is 0 Å². The summed E-state index contributed by atoms with van der Waals surface area (Å²) in [5, 5.41) is 7.78. The summed E-state index contributed by atoms with van der Waals surface area (Å²) in [6, 6.07) is 6.05. The highest BCUT2D eigenvalue weighted by Crippen LogP contribution is 2.24. The van der Waals surface area contributed by atoms with Crippen LogP contribution in [0.5, 0.6) is 0 Å². The predicted octanol–water partition coefficient (Wildman–Crippen LogP) is 1.44. The van der Waals surface area contributed by atoms with E-state index < -0.39 is 0 Å². The van der Waals surface area contributed by atoms with Crippen LogP contribution >= 0.6 is 15.9 Å². The summed E-state index contributed by atoms with van der Waals surface area (Å²) in [7, 11) is 1.84. The van der Waals surface area contributed by atoms with Crippen LogP contribution in [0, 0.1) is 6.92 Å². The van der Waals surface area contributed by atoms with Crippen LogP contribution in [0.15, 0.2) is 28.9 Å². The van der Waals surface area contributed by atoms with E-state index in [1.807, 2.05) is 20.0 Å². The van der Waals surface area contributed by atoms with E-state index in [-0.39, 0.29) is 6.04 Å². The molecule has 1 aromatic carbocycles. The molecular weight excluding hydrogens is 282 g/mol. The second-order valence-electron chi connectivity index (χ2n) is 3.94. The van der Waals surface area contributed by atoms with Crippen LogP contribution in [0.2, 0.25) is 0 Å². The van der Waals surface area contributed by atoms with Gasteiger partial charge in [0, 0.05) is 11.5 Å². The van der Waals surface area contributed by atoms with Gasteiger partial charge in [-0.25, -0.2) is 5.43 Å². The molecule has 0 radical (unpaired) electrons. The highest BCUT2D eigenvalue weighted by molar-refractivity contribution is 9.10. The third kappa shape index (κ3) is 2.54. The van der Waals surface area contributed by atoms with Gasteiger partial charge < -0.3 is 0 Å². The van der Waals surface area contributed by atoms with Crippen molar-refractivity contribution in [2.75, 3.05) is 0 Å². The van der Waals surface area contributed by atoms with Crippen molar-refractivity contribution in [3.05, 3.63) is 45.7 Å². The number of aromatic nitrogens is 3. The maximum atomic E-state index is 5.63. The zero-order chi connectivity index (χ0) is 12.4. The van der Waals surface area contributed by atoms with E-state index in [0.29, 0.717) is 0 Å². The van der Waals surface area contributed by atoms with Crippen molar-refractivity contribution in [1.82, 2.24) is 20.4 Å². The summed E-state index contributed by atoms with van der Waals surface area (Å²) in [5.74, 6) is 5.63. The molecule has 6 heteroatoms. The molecule has 5 nitrogen and oxygen atoms in total. The molecule has 0 aliphatic heterocycles. The monoisotopic (exact) mass is 295 g/mol. The second-order valence-corrected chi connectivity index (χ2v) is 4.86. The minimum absolute atomic E-state index is 0.119. The quantitative estimate of drug-likeness (QED) is 0.664. The normalized spacial score (nSPS) is 12.7. The molecule has 0 saturated carbocycles.